The maximum Gasteiger partial charge on any atom is 0.0654 e. The van der Waals surface area contributed by atoms with Crippen molar-refractivity contribution in [2.75, 3.05) is 26.8 Å². The summed E-state index contributed by atoms with van der Waals surface area (Å²) in [7, 11) is 1.70. The third-order valence-electron chi connectivity index (χ3n) is 2.01. The Labute approximate surface area is 81.3 Å². The predicted octanol–water partition coefficient (Wildman–Crippen LogP) is 0.906. The Balaban J connectivity index is 3.69. The summed E-state index contributed by atoms with van der Waals surface area (Å²) in [6.07, 6.45) is 5.23. The van der Waals surface area contributed by atoms with Crippen molar-refractivity contribution in [2.24, 2.45) is 5.73 Å². The van der Waals surface area contributed by atoms with Crippen LogP contribution < -0.4 is 11.1 Å². The van der Waals surface area contributed by atoms with Crippen LogP contribution in [-0.4, -0.2) is 32.3 Å². The van der Waals surface area contributed by atoms with Gasteiger partial charge in [0, 0.05) is 13.7 Å². The van der Waals surface area contributed by atoms with Crippen LogP contribution >= 0.6 is 0 Å². The highest BCUT2D eigenvalue weighted by Crippen LogP contribution is 2.01. The van der Waals surface area contributed by atoms with E-state index < -0.39 is 0 Å². The van der Waals surface area contributed by atoms with Gasteiger partial charge in [-0.3, -0.25) is 0 Å². The molecule has 0 amide bonds. The minimum Gasteiger partial charge on any atom is -0.383 e. The molecule has 0 saturated heterocycles. The fourth-order valence-corrected chi connectivity index (χ4v) is 1.12. The average Bonchev–Trinajstić information content (AvgIpc) is 2.13. The van der Waals surface area contributed by atoms with Gasteiger partial charge in [0.15, 0.2) is 0 Å². The highest BCUT2D eigenvalue weighted by molar-refractivity contribution is 4.86. The number of methoxy groups -OCH3 is 1. The number of allylic oxidation sites excluding steroid dienone is 1. The topological polar surface area (TPSA) is 47.3 Å². The molecular weight excluding hydrogens is 164 g/mol. The molecule has 13 heavy (non-hydrogen) atoms. The quantitative estimate of drug-likeness (QED) is 0.459. The minimum absolute atomic E-state index is 0.0870. The Hall–Kier alpha value is -0.380. The summed E-state index contributed by atoms with van der Waals surface area (Å²) in [5, 5.41) is 3.38. The fourth-order valence-electron chi connectivity index (χ4n) is 1.12. The van der Waals surface area contributed by atoms with Gasteiger partial charge in [0.2, 0.25) is 0 Å². The first-order chi connectivity index (χ1) is 6.18. The number of rotatable bonds is 7. The van der Waals surface area contributed by atoms with Crippen molar-refractivity contribution in [3.05, 3.63) is 12.2 Å². The summed E-state index contributed by atoms with van der Waals surface area (Å²) in [6, 6.07) is 0. The lowest BCUT2D eigenvalue weighted by atomic mass is 10.0. The maximum absolute atomic E-state index is 5.65. The van der Waals surface area contributed by atoms with Crippen LogP contribution in [0.5, 0.6) is 0 Å². The summed E-state index contributed by atoms with van der Waals surface area (Å²) in [5.41, 5.74) is 5.56. The number of hydrogen-bond acceptors (Lipinski definition) is 3. The monoisotopic (exact) mass is 186 g/mol. The highest BCUT2D eigenvalue weighted by Gasteiger charge is 2.20. The largest absolute Gasteiger partial charge is 0.383 e. The Bertz CT molecular complexity index is 148. The maximum atomic E-state index is 5.65. The van der Waals surface area contributed by atoms with Crippen molar-refractivity contribution in [2.45, 2.75) is 25.8 Å². The van der Waals surface area contributed by atoms with E-state index in [4.69, 9.17) is 10.5 Å². The first-order valence-electron chi connectivity index (χ1n) is 4.73. The second-order valence-corrected chi connectivity index (χ2v) is 3.48. The van der Waals surface area contributed by atoms with Crippen molar-refractivity contribution >= 4 is 0 Å². The summed E-state index contributed by atoms with van der Waals surface area (Å²) >= 11 is 0. The lowest BCUT2D eigenvalue weighted by Gasteiger charge is -2.28. The lowest BCUT2D eigenvalue weighted by Crippen LogP contribution is -2.52. The van der Waals surface area contributed by atoms with E-state index in [1.54, 1.807) is 7.11 Å². The van der Waals surface area contributed by atoms with Crippen molar-refractivity contribution in [3.63, 3.8) is 0 Å². The van der Waals surface area contributed by atoms with Crippen LogP contribution in [0.4, 0.5) is 0 Å². The molecule has 0 spiro atoms. The third kappa shape index (κ3) is 5.80. The summed E-state index contributed by atoms with van der Waals surface area (Å²) < 4.78 is 5.09. The molecule has 0 aliphatic rings. The zero-order valence-corrected chi connectivity index (χ0v) is 8.97. The average molecular weight is 186 g/mol. The van der Waals surface area contributed by atoms with Crippen LogP contribution in [0.2, 0.25) is 0 Å². The van der Waals surface area contributed by atoms with Gasteiger partial charge < -0.3 is 15.8 Å². The Morgan fingerprint density at radius 2 is 2.23 bits per heavy atom. The summed E-state index contributed by atoms with van der Waals surface area (Å²) in [5.74, 6) is 0. The van der Waals surface area contributed by atoms with Gasteiger partial charge >= 0.3 is 0 Å². The summed E-state index contributed by atoms with van der Waals surface area (Å²) in [4.78, 5) is 0. The molecule has 1 unspecified atom stereocenters. The van der Waals surface area contributed by atoms with E-state index >= 15 is 0 Å². The van der Waals surface area contributed by atoms with Crippen molar-refractivity contribution in [1.82, 2.24) is 5.32 Å². The SMILES string of the molecule is C/C=C/CCNC(C)(CN)COC. The van der Waals surface area contributed by atoms with Crippen molar-refractivity contribution in [3.8, 4) is 0 Å². The first-order valence-corrected chi connectivity index (χ1v) is 4.73. The highest BCUT2D eigenvalue weighted by atomic mass is 16.5. The normalized spacial score (nSPS) is 16.3. The van der Waals surface area contributed by atoms with Crippen LogP contribution in [0.25, 0.3) is 0 Å². The molecule has 0 radical (unpaired) electrons. The van der Waals surface area contributed by atoms with Crippen LogP contribution in [0.15, 0.2) is 12.2 Å². The van der Waals surface area contributed by atoms with E-state index in [0.717, 1.165) is 13.0 Å². The molecular formula is C10H22N2O. The second kappa shape index (κ2) is 7.06. The summed E-state index contributed by atoms with van der Waals surface area (Å²) in [6.45, 7) is 6.29. The predicted molar refractivity (Wildman–Crippen MR) is 56.8 cm³/mol. The van der Waals surface area contributed by atoms with Gasteiger partial charge in [-0.25, -0.2) is 0 Å². The Morgan fingerprint density at radius 3 is 2.69 bits per heavy atom. The molecule has 0 rings (SSSR count). The smallest absolute Gasteiger partial charge is 0.0654 e. The van der Waals surface area contributed by atoms with Gasteiger partial charge in [0.25, 0.3) is 0 Å². The molecule has 0 fully saturated rings. The fraction of sp³-hybridized carbons (Fsp3) is 0.800. The minimum atomic E-state index is -0.0870. The Morgan fingerprint density at radius 1 is 1.54 bits per heavy atom. The van der Waals surface area contributed by atoms with Crippen molar-refractivity contribution < 1.29 is 4.74 Å². The molecule has 0 aliphatic heterocycles. The molecule has 0 aromatic carbocycles. The van der Waals surface area contributed by atoms with Crippen LogP contribution in [0, 0.1) is 0 Å². The van der Waals surface area contributed by atoms with E-state index in [9.17, 15) is 0 Å². The molecule has 0 saturated carbocycles. The number of nitrogens with one attached hydrogen (secondary N) is 1. The van der Waals surface area contributed by atoms with Crippen LogP contribution in [0.3, 0.4) is 0 Å². The van der Waals surface area contributed by atoms with Gasteiger partial charge in [0.05, 0.1) is 12.1 Å². The van der Waals surface area contributed by atoms with E-state index in [-0.39, 0.29) is 5.54 Å². The number of hydrogen-bond donors (Lipinski definition) is 2. The molecule has 0 heterocycles. The van der Waals surface area contributed by atoms with E-state index in [2.05, 4.69) is 24.4 Å². The first kappa shape index (κ1) is 12.6. The van der Waals surface area contributed by atoms with Gasteiger partial charge in [-0.15, -0.1) is 0 Å². The van der Waals surface area contributed by atoms with Gasteiger partial charge in [0.1, 0.15) is 0 Å². The zero-order valence-electron chi connectivity index (χ0n) is 8.97. The molecule has 3 heteroatoms. The molecule has 78 valence electrons. The van der Waals surface area contributed by atoms with Gasteiger partial charge in [-0.1, -0.05) is 12.2 Å². The van der Waals surface area contributed by atoms with E-state index in [1.165, 1.54) is 0 Å². The van der Waals surface area contributed by atoms with Gasteiger partial charge in [-0.2, -0.15) is 0 Å². The standard InChI is InChI=1S/C10H22N2O/c1-4-5-6-7-12-10(2,8-11)9-13-3/h4-5,12H,6-9,11H2,1-3H3/b5-4+. The molecule has 3 N–H and O–H groups in total. The number of nitrogens with two attached hydrogens (primary N) is 1. The van der Waals surface area contributed by atoms with Gasteiger partial charge in [-0.05, 0) is 26.8 Å². The third-order valence-corrected chi connectivity index (χ3v) is 2.01. The zero-order chi connectivity index (χ0) is 10.2. The molecule has 0 aromatic heterocycles. The Kier molecular flexibility index (Phi) is 6.86. The molecule has 3 nitrogen and oxygen atoms in total. The van der Waals surface area contributed by atoms with Crippen molar-refractivity contribution in [1.29, 1.82) is 0 Å². The van der Waals surface area contributed by atoms with Crippen LogP contribution in [-0.2, 0) is 4.74 Å². The molecule has 0 bridgehead atoms. The van der Waals surface area contributed by atoms with E-state index in [0.29, 0.717) is 13.2 Å². The molecule has 0 aromatic rings. The number of ether oxygens (including phenoxy) is 1. The lowest BCUT2D eigenvalue weighted by molar-refractivity contribution is 0.123. The molecule has 0 aliphatic carbocycles. The molecule has 1 atom stereocenters. The van der Waals surface area contributed by atoms with E-state index in [1.807, 2.05) is 6.92 Å². The second-order valence-electron chi connectivity index (χ2n) is 3.48. The van der Waals surface area contributed by atoms with Crippen LogP contribution in [0.1, 0.15) is 20.3 Å².